The number of thiophene rings is 1. The average Bonchev–Trinajstić information content (AvgIpc) is 3.19. The topological polar surface area (TPSA) is 42.2 Å². The van der Waals surface area contributed by atoms with Crippen LogP contribution >= 0.6 is 11.3 Å². The molecular weight excluding hydrogens is 294 g/mol. The van der Waals surface area contributed by atoms with Crippen molar-refractivity contribution in [3.63, 3.8) is 0 Å². The molecule has 112 valence electrons. The van der Waals surface area contributed by atoms with E-state index in [9.17, 15) is 4.79 Å². The van der Waals surface area contributed by atoms with Crippen LogP contribution in [-0.2, 0) is 6.42 Å². The Morgan fingerprint density at radius 3 is 2.64 bits per heavy atom. The van der Waals surface area contributed by atoms with Gasteiger partial charge in [-0.05, 0) is 48.1 Å². The van der Waals surface area contributed by atoms with Gasteiger partial charge in [0.15, 0.2) is 5.76 Å². The fourth-order valence-corrected chi connectivity index (χ4v) is 3.42. The summed E-state index contributed by atoms with van der Waals surface area (Å²) in [7, 11) is 0. The van der Waals surface area contributed by atoms with Crippen LogP contribution in [0.5, 0.6) is 0 Å². The van der Waals surface area contributed by atoms with Crippen molar-refractivity contribution in [2.45, 2.75) is 19.4 Å². The molecule has 3 rings (SSSR count). The fourth-order valence-electron chi connectivity index (χ4n) is 2.44. The van der Waals surface area contributed by atoms with E-state index < -0.39 is 0 Å². The predicted octanol–water partition coefficient (Wildman–Crippen LogP) is 4.36. The number of amides is 1. The molecule has 1 unspecified atom stereocenters. The first-order valence-electron chi connectivity index (χ1n) is 7.16. The molecular formula is C18H17NO2S. The number of carbonyl (C=O) groups excluding carboxylic acids is 1. The number of furan rings is 1. The summed E-state index contributed by atoms with van der Waals surface area (Å²) in [5.74, 6) is 0.158. The molecule has 3 aromatic rings. The van der Waals surface area contributed by atoms with Crippen LogP contribution in [0, 0.1) is 6.92 Å². The van der Waals surface area contributed by atoms with E-state index in [1.54, 1.807) is 23.5 Å². The summed E-state index contributed by atoms with van der Waals surface area (Å²) in [4.78, 5) is 13.5. The van der Waals surface area contributed by atoms with Crippen LogP contribution in [0.15, 0.2) is 64.6 Å². The van der Waals surface area contributed by atoms with Gasteiger partial charge in [0, 0.05) is 4.88 Å². The second-order valence-corrected chi connectivity index (χ2v) is 6.11. The van der Waals surface area contributed by atoms with Crippen LogP contribution in [0.4, 0.5) is 0 Å². The van der Waals surface area contributed by atoms with Gasteiger partial charge in [-0.3, -0.25) is 4.79 Å². The third-order valence-electron chi connectivity index (χ3n) is 3.55. The van der Waals surface area contributed by atoms with E-state index in [2.05, 4.69) is 35.8 Å². The lowest BCUT2D eigenvalue weighted by Crippen LogP contribution is -2.29. The highest BCUT2D eigenvalue weighted by Gasteiger charge is 2.20. The minimum absolute atomic E-state index is 0.0556. The summed E-state index contributed by atoms with van der Waals surface area (Å²) in [6.07, 6.45) is 2.27. The van der Waals surface area contributed by atoms with Crippen molar-refractivity contribution < 1.29 is 9.21 Å². The molecule has 1 aromatic carbocycles. The van der Waals surface area contributed by atoms with E-state index in [0.29, 0.717) is 5.76 Å². The second kappa shape index (κ2) is 6.62. The normalized spacial score (nSPS) is 12.0. The molecule has 4 heteroatoms. The summed E-state index contributed by atoms with van der Waals surface area (Å²) in [5, 5.41) is 5.15. The highest BCUT2D eigenvalue weighted by Crippen LogP contribution is 2.27. The van der Waals surface area contributed by atoms with Crippen LogP contribution in [0.25, 0.3) is 0 Å². The molecule has 0 fully saturated rings. The second-order valence-electron chi connectivity index (χ2n) is 5.16. The molecule has 0 saturated heterocycles. The maximum atomic E-state index is 12.3. The smallest absolute Gasteiger partial charge is 0.287 e. The molecule has 22 heavy (non-hydrogen) atoms. The molecule has 1 atom stereocenters. The first-order chi connectivity index (χ1) is 10.7. The molecule has 0 aliphatic rings. The van der Waals surface area contributed by atoms with Crippen LogP contribution in [-0.4, -0.2) is 5.91 Å². The Hall–Kier alpha value is -2.33. The van der Waals surface area contributed by atoms with Gasteiger partial charge in [0.25, 0.3) is 5.91 Å². The quantitative estimate of drug-likeness (QED) is 0.760. The average molecular weight is 311 g/mol. The van der Waals surface area contributed by atoms with Gasteiger partial charge in [-0.15, -0.1) is 11.3 Å². The lowest BCUT2D eigenvalue weighted by Gasteiger charge is -2.18. The third-order valence-corrected chi connectivity index (χ3v) is 4.68. The van der Waals surface area contributed by atoms with Crippen molar-refractivity contribution in [3.05, 3.63) is 81.9 Å². The Morgan fingerprint density at radius 1 is 1.18 bits per heavy atom. The zero-order valence-corrected chi connectivity index (χ0v) is 13.1. The Morgan fingerprint density at radius 2 is 2.00 bits per heavy atom. The maximum Gasteiger partial charge on any atom is 0.287 e. The van der Waals surface area contributed by atoms with Gasteiger partial charge in [0.05, 0.1) is 12.3 Å². The molecule has 0 radical (unpaired) electrons. The zero-order valence-electron chi connectivity index (χ0n) is 12.3. The van der Waals surface area contributed by atoms with Gasteiger partial charge >= 0.3 is 0 Å². The first-order valence-corrected chi connectivity index (χ1v) is 8.04. The maximum absolute atomic E-state index is 12.3. The molecule has 0 saturated carbocycles. The molecule has 2 aromatic heterocycles. The molecule has 0 aliphatic heterocycles. The number of carbonyl (C=O) groups is 1. The van der Waals surface area contributed by atoms with E-state index in [1.807, 2.05) is 18.2 Å². The molecule has 1 amide bonds. The molecule has 1 N–H and O–H groups in total. The van der Waals surface area contributed by atoms with Gasteiger partial charge < -0.3 is 9.73 Å². The number of aryl methyl sites for hydroxylation is 1. The summed E-state index contributed by atoms with van der Waals surface area (Å²) in [5.41, 5.74) is 2.39. The van der Waals surface area contributed by atoms with Crippen molar-refractivity contribution in [2.75, 3.05) is 0 Å². The number of hydrogen-bond donors (Lipinski definition) is 1. The van der Waals surface area contributed by atoms with E-state index in [0.717, 1.165) is 6.42 Å². The highest BCUT2D eigenvalue weighted by molar-refractivity contribution is 7.10. The number of nitrogens with one attached hydrogen (secondary N) is 1. The van der Waals surface area contributed by atoms with Crippen LogP contribution in [0.1, 0.15) is 32.6 Å². The van der Waals surface area contributed by atoms with Gasteiger partial charge in [0.1, 0.15) is 0 Å². The Labute approximate surface area is 133 Å². The van der Waals surface area contributed by atoms with Crippen molar-refractivity contribution in [3.8, 4) is 0 Å². The van der Waals surface area contributed by atoms with E-state index in [1.165, 1.54) is 22.3 Å². The Bertz CT molecular complexity index is 732. The number of hydrogen-bond acceptors (Lipinski definition) is 3. The minimum atomic E-state index is -0.182. The van der Waals surface area contributed by atoms with Crippen molar-refractivity contribution in [1.29, 1.82) is 0 Å². The molecule has 0 bridgehead atoms. The molecule has 0 spiro atoms. The lowest BCUT2D eigenvalue weighted by molar-refractivity contribution is 0.0909. The van der Waals surface area contributed by atoms with Gasteiger partial charge in [-0.25, -0.2) is 0 Å². The summed E-state index contributed by atoms with van der Waals surface area (Å²) < 4.78 is 5.19. The van der Waals surface area contributed by atoms with Crippen molar-refractivity contribution in [2.24, 2.45) is 0 Å². The standard InChI is InChI=1S/C18H17NO2S/c1-13-9-11-22-17(13)15(12-14-6-3-2-4-7-14)19-18(20)16-8-5-10-21-16/h2-11,15H,12H2,1H3,(H,19,20). The summed E-state index contributed by atoms with van der Waals surface area (Å²) >= 11 is 1.67. The van der Waals surface area contributed by atoms with Crippen molar-refractivity contribution in [1.82, 2.24) is 5.32 Å². The van der Waals surface area contributed by atoms with Gasteiger partial charge in [-0.2, -0.15) is 0 Å². The monoisotopic (exact) mass is 311 g/mol. The molecule has 3 nitrogen and oxygen atoms in total. The van der Waals surface area contributed by atoms with Crippen molar-refractivity contribution >= 4 is 17.2 Å². The van der Waals surface area contributed by atoms with E-state index >= 15 is 0 Å². The summed E-state index contributed by atoms with van der Waals surface area (Å²) in [6.45, 7) is 2.07. The largest absolute Gasteiger partial charge is 0.459 e. The molecule has 0 aliphatic carbocycles. The van der Waals surface area contributed by atoms with Gasteiger partial charge in [0.2, 0.25) is 0 Å². The third kappa shape index (κ3) is 3.28. The summed E-state index contributed by atoms with van der Waals surface area (Å²) in [6, 6.07) is 15.6. The Balaban J connectivity index is 1.83. The van der Waals surface area contributed by atoms with E-state index in [4.69, 9.17) is 4.42 Å². The predicted molar refractivity (Wildman–Crippen MR) is 88.1 cm³/mol. The fraction of sp³-hybridized carbons (Fsp3) is 0.167. The number of rotatable bonds is 5. The lowest BCUT2D eigenvalue weighted by atomic mass is 10.0. The van der Waals surface area contributed by atoms with Crippen LogP contribution < -0.4 is 5.32 Å². The molecule has 2 heterocycles. The van der Waals surface area contributed by atoms with Crippen LogP contribution in [0.3, 0.4) is 0 Å². The minimum Gasteiger partial charge on any atom is -0.459 e. The Kier molecular flexibility index (Phi) is 4.39. The number of benzene rings is 1. The van der Waals surface area contributed by atoms with Crippen LogP contribution in [0.2, 0.25) is 0 Å². The van der Waals surface area contributed by atoms with E-state index in [-0.39, 0.29) is 11.9 Å². The van der Waals surface area contributed by atoms with Gasteiger partial charge in [-0.1, -0.05) is 30.3 Å². The highest BCUT2D eigenvalue weighted by atomic mass is 32.1. The first kappa shape index (κ1) is 14.6. The zero-order chi connectivity index (χ0) is 15.4. The SMILES string of the molecule is Cc1ccsc1C(Cc1ccccc1)NC(=O)c1ccco1.